The summed E-state index contributed by atoms with van der Waals surface area (Å²) in [5.41, 5.74) is 29.3. The van der Waals surface area contributed by atoms with Crippen LogP contribution in [0, 0.1) is 104 Å². The number of rotatable bonds is 8. The van der Waals surface area contributed by atoms with Gasteiger partial charge in [-0.15, -0.1) is 216 Å². The van der Waals surface area contributed by atoms with E-state index >= 15 is 0 Å². The van der Waals surface area contributed by atoms with Crippen LogP contribution in [-0.2, 0) is 80.4 Å². The Balaban J connectivity index is 0.000000132. The molecule has 0 unspecified atom stereocenters. The third kappa shape index (κ3) is 24.3. The molecule has 16 nitrogen and oxygen atoms in total. The summed E-state index contributed by atoms with van der Waals surface area (Å²) in [4.78, 5) is 52.6. The SMILES string of the molecule is Cc1ccc(-c2[c-]ccc3c2oc2nc(C)ccc23)nc1.Cc1ccc(-c2[c-]cccc2)nc1.Cc1ccc2c(n1)oc1c(-c3cc(C)c(C)cn3)[c-]ccc12.Cc1ccc2c(n1)oc1c(-c3ccccn3)[c-]ccc12.Cc1ccc2c(n1)oc1c(-c3ccccn3)[c-]ccc12.[Ir].[Ir].[Ir].[Ir].[c-]1ccccc1-c1ccccn1.[c-]1ccccc1-c1ccccn1.[c-]1ccccc1-c1ccccn1. The number of fused-ring (bicyclic) bond motifs is 12. The van der Waals surface area contributed by atoms with Gasteiger partial charge in [-0.25, -0.2) is 19.9 Å². The number of hydrogen-bond acceptors (Lipinski definition) is 16. The van der Waals surface area contributed by atoms with E-state index in [-0.39, 0.29) is 80.4 Å². The maximum absolute atomic E-state index is 6.01. The molecule has 4 radical (unpaired) electrons. The van der Waals surface area contributed by atoms with Gasteiger partial charge in [-0.05, 0) is 196 Å². The van der Waals surface area contributed by atoms with Gasteiger partial charge in [0.1, 0.15) is 0 Å². The second-order valence-corrected chi connectivity index (χ2v) is 30.8. The third-order valence-electron chi connectivity index (χ3n) is 21.2. The van der Waals surface area contributed by atoms with E-state index in [9.17, 15) is 0 Å². The molecule has 0 aliphatic heterocycles. The van der Waals surface area contributed by atoms with Gasteiger partial charge in [0, 0.05) is 174 Å². The molecule has 0 saturated heterocycles. The zero-order valence-electron chi connectivity index (χ0n) is 75.0. The number of aromatic nitrogens is 12. The van der Waals surface area contributed by atoms with Crippen molar-refractivity contribution in [3.8, 4) is 90.1 Å². The van der Waals surface area contributed by atoms with Crippen LogP contribution in [0.4, 0.5) is 0 Å². The Labute approximate surface area is 842 Å². The molecule has 0 aliphatic rings. The number of aryl methyl sites for hydroxylation is 8. The van der Waals surface area contributed by atoms with Gasteiger partial charge in [0.2, 0.25) is 22.9 Å². The van der Waals surface area contributed by atoms with Crippen LogP contribution in [0.1, 0.15) is 45.0 Å². The van der Waals surface area contributed by atoms with E-state index in [2.05, 4.69) is 146 Å². The number of furan rings is 4. The quantitative estimate of drug-likeness (QED) is 0.130. The van der Waals surface area contributed by atoms with Crippen molar-refractivity contribution < 1.29 is 98.1 Å². The van der Waals surface area contributed by atoms with Gasteiger partial charge >= 0.3 is 0 Å². The van der Waals surface area contributed by atoms with Crippen molar-refractivity contribution in [3.63, 3.8) is 0 Å². The first-order valence-electron chi connectivity index (χ1n) is 42.8. The monoisotopic (exact) mass is 2480 g/mol. The molecule has 0 atom stereocenters. The van der Waals surface area contributed by atoms with Crippen LogP contribution >= 0.6 is 0 Å². The molecule has 8 aromatic carbocycles. The molecule has 676 valence electrons. The summed E-state index contributed by atoms with van der Waals surface area (Å²) < 4.78 is 23.8. The van der Waals surface area contributed by atoms with Crippen LogP contribution in [0.5, 0.6) is 0 Å². The van der Waals surface area contributed by atoms with Crippen LogP contribution in [0.15, 0.2) is 383 Å². The molecular formula is C116H84Ir4N12O4-8. The first kappa shape index (κ1) is 98.9. The Morgan fingerprint density at radius 1 is 0.199 bits per heavy atom. The Kier molecular flexibility index (Phi) is 34.8. The minimum absolute atomic E-state index is 0. The minimum Gasteiger partial charge on any atom is -0.486 e. The predicted octanol–water partition coefficient (Wildman–Crippen LogP) is 28.0. The maximum Gasteiger partial charge on any atom is 0.216 e. The molecule has 16 aromatic heterocycles. The largest absolute Gasteiger partial charge is 0.486 e. The van der Waals surface area contributed by atoms with Crippen LogP contribution in [0.25, 0.3) is 178 Å². The normalized spacial score (nSPS) is 10.4. The van der Waals surface area contributed by atoms with E-state index in [0.717, 1.165) is 184 Å². The molecule has 0 amide bonds. The molecule has 0 bridgehead atoms. The van der Waals surface area contributed by atoms with Crippen molar-refractivity contribution >= 4 is 88.3 Å². The van der Waals surface area contributed by atoms with E-state index in [1.807, 2.05) is 351 Å². The van der Waals surface area contributed by atoms with Crippen molar-refractivity contribution in [3.05, 3.63) is 459 Å². The molecule has 0 spiro atoms. The summed E-state index contributed by atoms with van der Waals surface area (Å²) in [6, 6.07) is 128. The standard InChI is InChI=1S/C19H15N2O.C18H13N2O.2C17H11N2O.C12H10N.3C11H8N.4Ir/c1-11-9-17(20-10-12(11)2)16-6-4-5-14-15-8-7-13(3)21-19(15)22-18(14)16;1-11-6-9-16(19-10-11)15-5-3-4-13-14-8-7-12(2)20-18(14)21-17(13)15;2*1-11-8-9-13-12-5-4-6-14(15-7-2-3-10-18-15)16(12)20-17(13)19-11;1-10-7-8-12(13-9-10)11-5-3-2-4-6-11;3*1-2-6-10(7-3-1)11-8-4-5-9-12-11;;;;/h4-5,7-10H,1-3H3;3-4,6-10H,1-2H3;2*2-5,7-10H,1H3;2-5,7-9H,1H3;3*1-6,8-9H;;;;/q8*-1;;;;. The van der Waals surface area contributed by atoms with E-state index in [4.69, 9.17) is 17.7 Å². The van der Waals surface area contributed by atoms with E-state index in [0.29, 0.717) is 22.9 Å². The fourth-order valence-corrected chi connectivity index (χ4v) is 14.4. The zero-order chi connectivity index (χ0) is 90.5. The molecule has 20 heteroatoms. The average Bonchev–Trinajstić information content (AvgIpc) is 1.64. The van der Waals surface area contributed by atoms with Crippen molar-refractivity contribution in [2.75, 3.05) is 0 Å². The van der Waals surface area contributed by atoms with Crippen molar-refractivity contribution in [2.24, 2.45) is 0 Å². The summed E-state index contributed by atoms with van der Waals surface area (Å²) in [7, 11) is 0. The molecule has 16 heterocycles. The zero-order valence-corrected chi connectivity index (χ0v) is 84.6. The van der Waals surface area contributed by atoms with Crippen LogP contribution in [-0.4, -0.2) is 59.8 Å². The first-order valence-corrected chi connectivity index (χ1v) is 42.8. The van der Waals surface area contributed by atoms with Gasteiger partial charge in [-0.3, -0.25) is 0 Å². The van der Waals surface area contributed by atoms with Crippen LogP contribution in [0.2, 0.25) is 0 Å². The van der Waals surface area contributed by atoms with E-state index in [1.165, 1.54) is 16.7 Å². The first-order chi connectivity index (χ1) is 64.8. The fourth-order valence-electron chi connectivity index (χ4n) is 14.4. The third-order valence-corrected chi connectivity index (χ3v) is 21.2. The number of pyridine rings is 12. The molecule has 24 aromatic rings. The Hall–Kier alpha value is -14.6. The fraction of sp³-hybridized carbons (Fsp3) is 0.0690. The number of benzene rings is 8. The smallest absolute Gasteiger partial charge is 0.216 e. The topological polar surface area (TPSA) is 207 Å². The summed E-state index contributed by atoms with van der Waals surface area (Å²) >= 11 is 0. The van der Waals surface area contributed by atoms with Crippen molar-refractivity contribution in [1.82, 2.24) is 59.8 Å². The molecule has 0 saturated carbocycles. The molecule has 0 N–H and O–H groups in total. The van der Waals surface area contributed by atoms with Crippen LogP contribution in [0.3, 0.4) is 0 Å². The van der Waals surface area contributed by atoms with Gasteiger partial charge in [-0.1, -0.05) is 140 Å². The Morgan fingerprint density at radius 3 is 0.713 bits per heavy atom. The second-order valence-electron chi connectivity index (χ2n) is 30.8. The molecule has 0 fully saturated rings. The van der Waals surface area contributed by atoms with Gasteiger partial charge in [0.05, 0.1) is 22.3 Å². The minimum atomic E-state index is 0. The van der Waals surface area contributed by atoms with Gasteiger partial charge in [0.25, 0.3) is 0 Å². The summed E-state index contributed by atoms with van der Waals surface area (Å²) in [6.45, 7) is 16.0. The number of hydrogen-bond donors (Lipinski definition) is 0. The van der Waals surface area contributed by atoms with Crippen molar-refractivity contribution in [1.29, 1.82) is 0 Å². The second kappa shape index (κ2) is 47.8. The average molecular weight is 2480 g/mol. The molecule has 24 rings (SSSR count). The predicted molar refractivity (Wildman–Crippen MR) is 526 cm³/mol. The van der Waals surface area contributed by atoms with Gasteiger partial charge in [-0.2, -0.15) is 0 Å². The summed E-state index contributed by atoms with van der Waals surface area (Å²) in [5.74, 6) is 0. The van der Waals surface area contributed by atoms with E-state index < -0.39 is 0 Å². The summed E-state index contributed by atoms with van der Waals surface area (Å²) in [6.07, 6.45) is 14.5. The van der Waals surface area contributed by atoms with Crippen molar-refractivity contribution in [2.45, 2.75) is 55.4 Å². The van der Waals surface area contributed by atoms with E-state index in [1.54, 1.807) is 31.0 Å². The number of nitrogens with zero attached hydrogens (tertiary/aromatic N) is 12. The molecule has 136 heavy (non-hydrogen) atoms. The molecule has 0 aliphatic carbocycles. The maximum atomic E-state index is 6.01. The van der Waals surface area contributed by atoms with Crippen LogP contribution < -0.4 is 0 Å². The van der Waals surface area contributed by atoms with Gasteiger partial charge in [0.15, 0.2) is 0 Å². The summed E-state index contributed by atoms with van der Waals surface area (Å²) in [5, 5.41) is 8.30. The Bertz CT molecular complexity index is 7510. The molecular weight excluding hydrogens is 2390 g/mol. The Morgan fingerprint density at radius 2 is 0.456 bits per heavy atom. The van der Waals surface area contributed by atoms with Gasteiger partial charge < -0.3 is 57.5 Å².